The summed E-state index contributed by atoms with van der Waals surface area (Å²) in [6, 6.07) is 2.54. The van der Waals surface area contributed by atoms with Gasteiger partial charge in [-0.05, 0) is 25.0 Å². The maximum absolute atomic E-state index is 12.6. The van der Waals surface area contributed by atoms with Crippen molar-refractivity contribution in [3.63, 3.8) is 0 Å². The summed E-state index contributed by atoms with van der Waals surface area (Å²) in [5.74, 6) is -0.0378. The fourth-order valence-electron chi connectivity index (χ4n) is 2.27. The first-order valence-corrected chi connectivity index (χ1v) is 10.7. The van der Waals surface area contributed by atoms with Crippen molar-refractivity contribution < 1.29 is 16.8 Å². The first kappa shape index (κ1) is 16.2. The molecule has 1 saturated heterocycles. The van der Waals surface area contributed by atoms with Gasteiger partial charge in [-0.15, -0.1) is 11.3 Å². The number of sulfone groups is 1. The third kappa shape index (κ3) is 3.36. The summed E-state index contributed by atoms with van der Waals surface area (Å²) in [6.07, 6.45) is 0.996. The molecule has 0 unspecified atom stereocenters. The number of rotatable bonds is 5. The second kappa shape index (κ2) is 5.92. The van der Waals surface area contributed by atoms with Gasteiger partial charge in [-0.3, -0.25) is 0 Å². The van der Waals surface area contributed by atoms with Crippen molar-refractivity contribution in [2.24, 2.45) is 0 Å². The molecule has 0 amide bonds. The standard InChI is InChI=1S/C11H16ClNO4S3/c1-2-6-13(9-5-7-19(14,15)8-9)20(16,17)11-4-3-10(12)18-11/h3-4,9H,2,5-8H2,1H3/t9-/m0/s1. The molecule has 0 bridgehead atoms. The fraction of sp³-hybridized carbons (Fsp3) is 0.636. The van der Waals surface area contributed by atoms with E-state index in [1.165, 1.54) is 16.4 Å². The number of halogens is 1. The van der Waals surface area contributed by atoms with E-state index in [2.05, 4.69) is 0 Å². The Morgan fingerprint density at radius 3 is 2.60 bits per heavy atom. The number of nitrogens with zero attached hydrogens (tertiary/aromatic N) is 1. The molecule has 1 aromatic rings. The van der Waals surface area contributed by atoms with E-state index >= 15 is 0 Å². The molecule has 1 fully saturated rings. The van der Waals surface area contributed by atoms with Crippen LogP contribution in [0.3, 0.4) is 0 Å². The van der Waals surface area contributed by atoms with E-state index in [1.807, 2.05) is 6.92 Å². The highest BCUT2D eigenvalue weighted by molar-refractivity contribution is 7.92. The third-order valence-electron chi connectivity index (χ3n) is 3.17. The maximum Gasteiger partial charge on any atom is 0.252 e. The Morgan fingerprint density at radius 2 is 2.15 bits per heavy atom. The molecule has 1 atom stereocenters. The lowest BCUT2D eigenvalue weighted by atomic mass is 10.2. The molecule has 1 aliphatic rings. The highest BCUT2D eigenvalue weighted by atomic mass is 35.5. The monoisotopic (exact) mass is 357 g/mol. The molecule has 20 heavy (non-hydrogen) atoms. The number of thiophene rings is 1. The van der Waals surface area contributed by atoms with Crippen LogP contribution < -0.4 is 0 Å². The third-order valence-corrected chi connectivity index (χ3v) is 8.57. The van der Waals surface area contributed by atoms with Gasteiger partial charge >= 0.3 is 0 Å². The summed E-state index contributed by atoms with van der Waals surface area (Å²) in [5.41, 5.74) is 0. The Hall–Kier alpha value is -0.150. The molecule has 9 heteroatoms. The van der Waals surface area contributed by atoms with Crippen LogP contribution in [0.15, 0.2) is 16.3 Å². The summed E-state index contributed by atoms with van der Waals surface area (Å²) in [5, 5.41) is 0. The molecule has 0 N–H and O–H groups in total. The molecule has 0 saturated carbocycles. The Labute approximate surface area is 128 Å². The summed E-state index contributed by atoms with van der Waals surface area (Å²) < 4.78 is 50.3. The van der Waals surface area contributed by atoms with Gasteiger partial charge in [0.05, 0.1) is 15.8 Å². The molecule has 2 heterocycles. The molecule has 2 rings (SSSR count). The zero-order valence-electron chi connectivity index (χ0n) is 11.0. The van der Waals surface area contributed by atoms with Gasteiger partial charge in [-0.2, -0.15) is 4.31 Å². The van der Waals surface area contributed by atoms with Crippen LogP contribution in [-0.4, -0.2) is 45.2 Å². The normalized spacial score (nSPS) is 22.4. The lowest BCUT2D eigenvalue weighted by Gasteiger charge is -2.26. The summed E-state index contributed by atoms with van der Waals surface area (Å²) in [7, 11) is -6.80. The zero-order valence-corrected chi connectivity index (χ0v) is 14.2. The van der Waals surface area contributed by atoms with E-state index in [4.69, 9.17) is 11.6 Å². The molecular weight excluding hydrogens is 342 g/mol. The van der Waals surface area contributed by atoms with Crippen LogP contribution in [0.2, 0.25) is 4.34 Å². The highest BCUT2D eigenvalue weighted by Gasteiger charge is 2.38. The molecule has 1 aromatic heterocycles. The van der Waals surface area contributed by atoms with Gasteiger partial charge in [0.1, 0.15) is 4.21 Å². The van der Waals surface area contributed by atoms with E-state index < -0.39 is 25.9 Å². The van der Waals surface area contributed by atoms with E-state index in [0.717, 1.165) is 11.3 Å². The maximum atomic E-state index is 12.6. The molecule has 0 aromatic carbocycles. The van der Waals surface area contributed by atoms with Gasteiger partial charge in [-0.1, -0.05) is 18.5 Å². The number of sulfonamides is 1. The van der Waals surface area contributed by atoms with E-state index in [0.29, 0.717) is 23.7 Å². The number of hydrogen-bond acceptors (Lipinski definition) is 5. The van der Waals surface area contributed by atoms with E-state index in [9.17, 15) is 16.8 Å². The first-order valence-electron chi connectivity index (χ1n) is 6.24. The molecule has 0 radical (unpaired) electrons. The minimum absolute atomic E-state index is 0.0542. The Morgan fingerprint density at radius 1 is 1.45 bits per heavy atom. The quantitative estimate of drug-likeness (QED) is 0.807. The molecular formula is C11H16ClNO4S3. The predicted octanol–water partition coefficient (Wildman–Crippen LogP) is 1.99. The van der Waals surface area contributed by atoms with Crippen LogP contribution in [0.1, 0.15) is 19.8 Å². The average molecular weight is 358 g/mol. The van der Waals surface area contributed by atoms with Crippen LogP contribution in [0.4, 0.5) is 0 Å². The van der Waals surface area contributed by atoms with Crippen molar-refractivity contribution in [2.45, 2.75) is 30.0 Å². The molecule has 5 nitrogen and oxygen atoms in total. The lowest BCUT2D eigenvalue weighted by molar-refractivity contribution is 0.341. The lowest BCUT2D eigenvalue weighted by Crippen LogP contribution is -2.41. The Balaban J connectivity index is 2.33. The van der Waals surface area contributed by atoms with Gasteiger partial charge < -0.3 is 0 Å². The van der Waals surface area contributed by atoms with Gasteiger partial charge in [0.15, 0.2) is 9.84 Å². The van der Waals surface area contributed by atoms with E-state index in [-0.39, 0.29) is 15.7 Å². The van der Waals surface area contributed by atoms with Gasteiger partial charge in [0.2, 0.25) is 0 Å². The largest absolute Gasteiger partial charge is 0.252 e. The van der Waals surface area contributed by atoms with Gasteiger partial charge in [0.25, 0.3) is 10.0 Å². The summed E-state index contributed by atoms with van der Waals surface area (Å²) >= 11 is 6.79. The van der Waals surface area contributed by atoms with Gasteiger partial charge in [0, 0.05) is 12.6 Å². The zero-order chi connectivity index (χ0) is 15.0. The summed E-state index contributed by atoms with van der Waals surface area (Å²) in [4.78, 5) is 0. The second-order valence-electron chi connectivity index (χ2n) is 4.73. The van der Waals surface area contributed by atoms with Crippen molar-refractivity contribution in [2.75, 3.05) is 18.1 Å². The smallest absolute Gasteiger partial charge is 0.229 e. The van der Waals surface area contributed by atoms with Gasteiger partial charge in [-0.25, -0.2) is 16.8 Å². The highest BCUT2D eigenvalue weighted by Crippen LogP contribution is 2.31. The van der Waals surface area contributed by atoms with E-state index in [1.54, 1.807) is 0 Å². The molecule has 1 aliphatic heterocycles. The van der Waals surface area contributed by atoms with Crippen LogP contribution >= 0.6 is 22.9 Å². The van der Waals surface area contributed by atoms with Crippen LogP contribution in [0.25, 0.3) is 0 Å². The molecule has 0 spiro atoms. The SMILES string of the molecule is CCCN([C@H]1CCS(=O)(=O)C1)S(=O)(=O)c1ccc(Cl)s1. The van der Waals surface area contributed by atoms with Crippen LogP contribution in [-0.2, 0) is 19.9 Å². The Bertz CT molecular complexity index is 680. The minimum Gasteiger partial charge on any atom is -0.229 e. The van der Waals surface area contributed by atoms with Crippen molar-refractivity contribution >= 4 is 42.8 Å². The van der Waals surface area contributed by atoms with Crippen LogP contribution in [0.5, 0.6) is 0 Å². The van der Waals surface area contributed by atoms with Crippen molar-refractivity contribution in [1.29, 1.82) is 0 Å². The molecule has 0 aliphatic carbocycles. The predicted molar refractivity (Wildman–Crippen MR) is 80.6 cm³/mol. The van der Waals surface area contributed by atoms with Crippen LogP contribution in [0, 0.1) is 0 Å². The number of hydrogen-bond donors (Lipinski definition) is 0. The van der Waals surface area contributed by atoms with Crippen molar-refractivity contribution in [1.82, 2.24) is 4.31 Å². The van der Waals surface area contributed by atoms with Crippen molar-refractivity contribution in [3.8, 4) is 0 Å². The summed E-state index contributed by atoms with van der Waals surface area (Å²) in [6.45, 7) is 2.19. The second-order valence-corrected chi connectivity index (χ2v) is 10.8. The Kier molecular flexibility index (Phi) is 4.80. The first-order chi connectivity index (χ1) is 9.26. The minimum atomic E-state index is -3.67. The average Bonchev–Trinajstić information content (AvgIpc) is 2.92. The van der Waals surface area contributed by atoms with Crippen molar-refractivity contribution in [3.05, 3.63) is 16.5 Å². The molecule has 114 valence electrons. The fourth-order valence-corrected chi connectivity index (χ4v) is 7.46. The topological polar surface area (TPSA) is 71.5 Å².